The first-order chi connectivity index (χ1) is 7.50. The van der Waals surface area contributed by atoms with Crippen LogP contribution in [0.1, 0.15) is 60.8 Å². The molecule has 1 heterocycles. The lowest BCUT2D eigenvalue weighted by Crippen LogP contribution is -3.21. The van der Waals surface area contributed by atoms with Crippen LogP contribution in [0.3, 0.4) is 0 Å². The molecule has 0 radical (unpaired) electrons. The summed E-state index contributed by atoms with van der Waals surface area (Å²) in [6, 6.07) is 1.69. The van der Waals surface area contributed by atoms with E-state index < -0.39 is 0 Å². The van der Waals surface area contributed by atoms with Crippen LogP contribution in [0.5, 0.6) is 0 Å². The SMILES string of the molecule is CCCCC[NH+]1C(C)C(C)C(C)C(C)C1C. The minimum Gasteiger partial charge on any atom is -0.330 e. The minimum atomic E-state index is 0.845. The molecule has 0 amide bonds. The van der Waals surface area contributed by atoms with Crippen molar-refractivity contribution in [2.75, 3.05) is 6.54 Å². The highest BCUT2D eigenvalue weighted by Gasteiger charge is 2.42. The lowest BCUT2D eigenvalue weighted by atomic mass is 9.73. The van der Waals surface area contributed by atoms with E-state index in [-0.39, 0.29) is 0 Å². The van der Waals surface area contributed by atoms with Crippen LogP contribution in [0.25, 0.3) is 0 Å². The van der Waals surface area contributed by atoms with E-state index in [2.05, 4.69) is 41.5 Å². The fraction of sp³-hybridized carbons (Fsp3) is 1.00. The molecule has 1 saturated heterocycles. The van der Waals surface area contributed by atoms with Crippen LogP contribution < -0.4 is 4.90 Å². The summed E-state index contributed by atoms with van der Waals surface area (Å²) in [7, 11) is 0. The molecule has 0 bridgehead atoms. The number of hydrogen-bond acceptors (Lipinski definition) is 0. The first kappa shape index (κ1) is 14.0. The fourth-order valence-electron chi connectivity index (χ4n) is 3.51. The predicted molar refractivity (Wildman–Crippen MR) is 71.8 cm³/mol. The summed E-state index contributed by atoms with van der Waals surface area (Å²) in [4.78, 5) is 1.87. The molecule has 0 aliphatic carbocycles. The van der Waals surface area contributed by atoms with Crippen LogP contribution in [0.4, 0.5) is 0 Å². The van der Waals surface area contributed by atoms with Crippen molar-refractivity contribution in [3.63, 3.8) is 0 Å². The quantitative estimate of drug-likeness (QED) is 0.703. The molecule has 1 N–H and O–H groups in total. The molecule has 4 unspecified atom stereocenters. The van der Waals surface area contributed by atoms with E-state index in [9.17, 15) is 0 Å². The van der Waals surface area contributed by atoms with Crippen LogP contribution in [-0.2, 0) is 0 Å². The van der Waals surface area contributed by atoms with E-state index in [1.165, 1.54) is 25.8 Å². The third-order valence-electron chi connectivity index (χ3n) is 5.47. The van der Waals surface area contributed by atoms with E-state index in [1.807, 2.05) is 4.90 Å². The van der Waals surface area contributed by atoms with Gasteiger partial charge in [-0.05, 0) is 32.6 Å². The maximum atomic E-state index is 2.46. The van der Waals surface area contributed by atoms with Crippen LogP contribution in [-0.4, -0.2) is 18.6 Å². The van der Waals surface area contributed by atoms with Gasteiger partial charge in [-0.2, -0.15) is 0 Å². The predicted octanol–water partition coefficient (Wildman–Crippen LogP) is 2.76. The van der Waals surface area contributed by atoms with Crippen molar-refractivity contribution in [3.05, 3.63) is 0 Å². The number of unbranched alkanes of at least 4 members (excludes halogenated alkanes) is 2. The standard InChI is InChI=1S/C15H31N/c1-7-8-9-10-16-14(5)12(3)11(2)13(4)15(16)6/h11-15H,7-10H2,1-6H3/p+1. The van der Waals surface area contributed by atoms with Crippen LogP contribution in [0, 0.1) is 17.8 Å². The molecular weight excluding hydrogens is 194 g/mol. The molecule has 0 aromatic heterocycles. The summed E-state index contributed by atoms with van der Waals surface area (Å²) in [6.07, 6.45) is 4.16. The fourth-order valence-corrected chi connectivity index (χ4v) is 3.51. The van der Waals surface area contributed by atoms with Gasteiger partial charge in [0.1, 0.15) is 0 Å². The monoisotopic (exact) mass is 226 g/mol. The van der Waals surface area contributed by atoms with Gasteiger partial charge in [0.25, 0.3) is 0 Å². The topological polar surface area (TPSA) is 4.44 Å². The Hall–Kier alpha value is -0.0400. The Balaban J connectivity index is 2.60. The summed E-state index contributed by atoms with van der Waals surface area (Å²) in [6.45, 7) is 16.0. The molecule has 1 aliphatic rings. The van der Waals surface area contributed by atoms with Gasteiger partial charge in [-0.15, -0.1) is 0 Å². The molecule has 4 atom stereocenters. The summed E-state index contributed by atoms with van der Waals surface area (Å²) in [5, 5.41) is 0. The molecule has 16 heavy (non-hydrogen) atoms. The van der Waals surface area contributed by atoms with Crippen LogP contribution in [0.2, 0.25) is 0 Å². The molecule has 1 fully saturated rings. The second-order valence-electron chi connectivity index (χ2n) is 6.19. The zero-order chi connectivity index (χ0) is 12.3. The van der Waals surface area contributed by atoms with Crippen LogP contribution in [0.15, 0.2) is 0 Å². The van der Waals surface area contributed by atoms with Crippen LogP contribution >= 0.6 is 0 Å². The molecule has 0 aromatic rings. The van der Waals surface area contributed by atoms with Gasteiger partial charge in [0.05, 0.1) is 18.6 Å². The first-order valence-corrected chi connectivity index (χ1v) is 7.36. The normalized spacial score (nSPS) is 44.6. The largest absolute Gasteiger partial charge is 0.330 e. The van der Waals surface area contributed by atoms with Gasteiger partial charge < -0.3 is 4.90 Å². The van der Waals surface area contributed by atoms with Gasteiger partial charge >= 0.3 is 0 Å². The number of rotatable bonds is 4. The lowest BCUT2D eigenvalue weighted by molar-refractivity contribution is -0.961. The van der Waals surface area contributed by atoms with Crippen molar-refractivity contribution in [2.45, 2.75) is 72.9 Å². The van der Waals surface area contributed by atoms with E-state index in [4.69, 9.17) is 0 Å². The average Bonchev–Trinajstić information content (AvgIpc) is 2.28. The Kier molecular flexibility index (Phi) is 5.30. The average molecular weight is 226 g/mol. The van der Waals surface area contributed by atoms with E-state index in [0.717, 1.165) is 29.8 Å². The number of hydrogen-bond donors (Lipinski definition) is 1. The van der Waals surface area contributed by atoms with Crippen molar-refractivity contribution >= 4 is 0 Å². The summed E-state index contributed by atoms with van der Waals surface area (Å²) in [5.74, 6) is 2.64. The van der Waals surface area contributed by atoms with E-state index in [0.29, 0.717) is 0 Å². The second kappa shape index (κ2) is 6.05. The Bertz CT molecular complexity index is 186. The second-order valence-corrected chi connectivity index (χ2v) is 6.19. The summed E-state index contributed by atoms with van der Waals surface area (Å²) in [5.41, 5.74) is 0. The number of likely N-dealkylation sites (tertiary alicyclic amines) is 1. The highest BCUT2D eigenvalue weighted by Crippen LogP contribution is 2.28. The Morgan fingerprint density at radius 1 is 0.750 bits per heavy atom. The van der Waals surface area contributed by atoms with Crippen molar-refractivity contribution in [1.82, 2.24) is 0 Å². The van der Waals surface area contributed by atoms with Gasteiger partial charge in [-0.25, -0.2) is 0 Å². The lowest BCUT2D eigenvalue weighted by Gasteiger charge is -2.47. The van der Waals surface area contributed by atoms with Crippen molar-refractivity contribution < 1.29 is 4.90 Å². The number of quaternary nitrogens is 1. The van der Waals surface area contributed by atoms with Gasteiger partial charge in [-0.3, -0.25) is 0 Å². The number of nitrogens with one attached hydrogen (secondary N) is 1. The number of piperidine rings is 1. The molecule has 1 nitrogen and oxygen atoms in total. The zero-order valence-electron chi connectivity index (χ0n) is 12.2. The Labute approximate surface area is 103 Å². The molecule has 1 heteroatoms. The third kappa shape index (κ3) is 2.80. The maximum Gasteiger partial charge on any atom is 0.0876 e. The first-order valence-electron chi connectivity index (χ1n) is 7.36. The molecular formula is C15H32N+. The molecule has 1 aliphatic heterocycles. The Morgan fingerprint density at radius 2 is 1.25 bits per heavy atom. The van der Waals surface area contributed by atoms with E-state index >= 15 is 0 Å². The third-order valence-corrected chi connectivity index (χ3v) is 5.47. The maximum absolute atomic E-state index is 2.46. The van der Waals surface area contributed by atoms with Gasteiger partial charge in [0.15, 0.2) is 0 Å². The molecule has 1 rings (SSSR count). The van der Waals surface area contributed by atoms with Crippen molar-refractivity contribution in [1.29, 1.82) is 0 Å². The highest BCUT2D eigenvalue weighted by atomic mass is 15.2. The van der Waals surface area contributed by atoms with Crippen molar-refractivity contribution in [3.8, 4) is 0 Å². The van der Waals surface area contributed by atoms with Gasteiger partial charge in [0.2, 0.25) is 0 Å². The Morgan fingerprint density at radius 3 is 1.69 bits per heavy atom. The molecule has 0 saturated carbocycles. The van der Waals surface area contributed by atoms with Gasteiger partial charge in [0, 0.05) is 11.8 Å². The van der Waals surface area contributed by atoms with Crippen molar-refractivity contribution in [2.24, 2.45) is 17.8 Å². The molecule has 0 spiro atoms. The summed E-state index contributed by atoms with van der Waals surface area (Å²) < 4.78 is 0. The highest BCUT2D eigenvalue weighted by molar-refractivity contribution is 4.80. The summed E-state index contributed by atoms with van der Waals surface area (Å²) >= 11 is 0. The molecule has 0 aromatic carbocycles. The van der Waals surface area contributed by atoms with Gasteiger partial charge in [-0.1, -0.05) is 34.1 Å². The smallest absolute Gasteiger partial charge is 0.0876 e. The van der Waals surface area contributed by atoms with E-state index in [1.54, 1.807) is 0 Å². The minimum absolute atomic E-state index is 0.845. The molecule has 96 valence electrons. The zero-order valence-corrected chi connectivity index (χ0v) is 12.2.